The Morgan fingerprint density at radius 3 is 2.40 bits per heavy atom. The van der Waals surface area contributed by atoms with Crippen molar-refractivity contribution in [2.45, 2.75) is 77.9 Å². The van der Waals surface area contributed by atoms with Gasteiger partial charge in [0, 0.05) is 25.2 Å². The summed E-state index contributed by atoms with van der Waals surface area (Å²) in [5, 5.41) is 6.58. The zero-order valence-corrected chi connectivity index (χ0v) is 14.0. The summed E-state index contributed by atoms with van der Waals surface area (Å²) in [5.41, 5.74) is -0.296. The first-order valence-electron chi connectivity index (χ1n) is 8.22. The van der Waals surface area contributed by atoms with E-state index in [2.05, 4.69) is 50.2 Å². The third-order valence-corrected chi connectivity index (χ3v) is 4.34. The first kappa shape index (κ1) is 17.4. The SMILES string of the molecule is CCCC1(C(=O)NCCN(C(C)C)C(C)C)CCCN1. The van der Waals surface area contributed by atoms with Gasteiger partial charge in [0.1, 0.15) is 0 Å². The predicted molar refractivity (Wildman–Crippen MR) is 84.9 cm³/mol. The van der Waals surface area contributed by atoms with Gasteiger partial charge in [0.2, 0.25) is 5.91 Å². The fourth-order valence-electron chi connectivity index (χ4n) is 3.33. The van der Waals surface area contributed by atoms with Crippen LogP contribution in [0.2, 0.25) is 0 Å². The largest absolute Gasteiger partial charge is 0.353 e. The van der Waals surface area contributed by atoms with E-state index in [1.165, 1.54) is 0 Å². The molecule has 118 valence electrons. The van der Waals surface area contributed by atoms with Gasteiger partial charge in [-0.05, 0) is 53.5 Å². The Morgan fingerprint density at radius 2 is 1.95 bits per heavy atom. The van der Waals surface area contributed by atoms with Crippen molar-refractivity contribution in [3.63, 3.8) is 0 Å². The molecule has 0 aromatic heterocycles. The van der Waals surface area contributed by atoms with Crippen LogP contribution in [0.5, 0.6) is 0 Å². The summed E-state index contributed by atoms with van der Waals surface area (Å²) in [6.45, 7) is 13.6. The van der Waals surface area contributed by atoms with Crippen LogP contribution in [0.1, 0.15) is 60.3 Å². The monoisotopic (exact) mass is 283 g/mol. The van der Waals surface area contributed by atoms with Crippen molar-refractivity contribution < 1.29 is 4.79 Å². The minimum atomic E-state index is -0.296. The van der Waals surface area contributed by atoms with E-state index < -0.39 is 0 Å². The van der Waals surface area contributed by atoms with Crippen LogP contribution in [-0.2, 0) is 4.79 Å². The maximum absolute atomic E-state index is 12.5. The van der Waals surface area contributed by atoms with Crippen LogP contribution in [0.25, 0.3) is 0 Å². The van der Waals surface area contributed by atoms with Crippen LogP contribution in [0, 0.1) is 0 Å². The van der Waals surface area contributed by atoms with Crippen molar-refractivity contribution in [3.8, 4) is 0 Å². The summed E-state index contributed by atoms with van der Waals surface area (Å²) in [4.78, 5) is 14.9. The number of nitrogens with zero attached hydrogens (tertiary/aromatic N) is 1. The van der Waals surface area contributed by atoms with Crippen LogP contribution in [-0.4, -0.2) is 48.1 Å². The predicted octanol–water partition coefficient (Wildman–Crippen LogP) is 2.14. The third-order valence-electron chi connectivity index (χ3n) is 4.34. The van der Waals surface area contributed by atoms with Crippen LogP contribution in [0.3, 0.4) is 0 Å². The minimum absolute atomic E-state index is 0.198. The van der Waals surface area contributed by atoms with Crippen molar-refractivity contribution in [2.75, 3.05) is 19.6 Å². The molecule has 4 nitrogen and oxygen atoms in total. The first-order valence-corrected chi connectivity index (χ1v) is 8.22. The molecule has 1 unspecified atom stereocenters. The summed E-state index contributed by atoms with van der Waals surface area (Å²) in [6.07, 6.45) is 4.07. The fourth-order valence-corrected chi connectivity index (χ4v) is 3.33. The molecule has 0 saturated carbocycles. The molecule has 1 aliphatic rings. The van der Waals surface area contributed by atoms with Gasteiger partial charge >= 0.3 is 0 Å². The van der Waals surface area contributed by atoms with Gasteiger partial charge in [0.15, 0.2) is 0 Å². The maximum atomic E-state index is 12.5. The van der Waals surface area contributed by atoms with E-state index in [-0.39, 0.29) is 11.4 Å². The highest BCUT2D eigenvalue weighted by molar-refractivity contribution is 5.86. The van der Waals surface area contributed by atoms with Gasteiger partial charge in [-0.2, -0.15) is 0 Å². The number of nitrogens with one attached hydrogen (secondary N) is 2. The van der Waals surface area contributed by atoms with Crippen LogP contribution < -0.4 is 10.6 Å². The van der Waals surface area contributed by atoms with E-state index >= 15 is 0 Å². The van der Waals surface area contributed by atoms with Crippen molar-refractivity contribution in [3.05, 3.63) is 0 Å². The van der Waals surface area contributed by atoms with Crippen LogP contribution in [0.15, 0.2) is 0 Å². The molecule has 1 rings (SSSR count). The average Bonchev–Trinajstić information content (AvgIpc) is 2.83. The van der Waals surface area contributed by atoms with Gasteiger partial charge in [-0.15, -0.1) is 0 Å². The molecule has 1 heterocycles. The lowest BCUT2D eigenvalue weighted by Gasteiger charge is -2.32. The molecule has 2 N–H and O–H groups in total. The number of amides is 1. The number of hydrogen-bond acceptors (Lipinski definition) is 3. The molecular weight excluding hydrogens is 250 g/mol. The lowest BCUT2D eigenvalue weighted by molar-refractivity contribution is -0.127. The minimum Gasteiger partial charge on any atom is -0.353 e. The molecular formula is C16H33N3O. The van der Waals surface area contributed by atoms with Crippen molar-refractivity contribution >= 4 is 5.91 Å². The Morgan fingerprint density at radius 1 is 1.30 bits per heavy atom. The zero-order valence-electron chi connectivity index (χ0n) is 14.0. The highest BCUT2D eigenvalue weighted by atomic mass is 16.2. The van der Waals surface area contributed by atoms with E-state index in [4.69, 9.17) is 0 Å². The number of carbonyl (C=O) groups excluding carboxylic acids is 1. The van der Waals surface area contributed by atoms with Gasteiger partial charge in [0.05, 0.1) is 5.54 Å². The second-order valence-corrected chi connectivity index (χ2v) is 6.54. The normalized spacial score (nSPS) is 23.0. The van der Waals surface area contributed by atoms with Gasteiger partial charge in [0.25, 0.3) is 0 Å². The first-order chi connectivity index (χ1) is 9.43. The molecule has 1 amide bonds. The quantitative estimate of drug-likeness (QED) is 0.717. The molecule has 0 radical (unpaired) electrons. The molecule has 0 bridgehead atoms. The van der Waals surface area contributed by atoms with Gasteiger partial charge in [-0.3, -0.25) is 9.69 Å². The third kappa shape index (κ3) is 4.45. The summed E-state index contributed by atoms with van der Waals surface area (Å²) >= 11 is 0. The molecule has 1 aliphatic heterocycles. The van der Waals surface area contributed by atoms with E-state index in [0.717, 1.165) is 45.3 Å². The lowest BCUT2D eigenvalue weighted by Crippen LogP contribution is -2.54. The zero-order chi connectivity index (χ0) is 15.2. The van der Waals surface area contributed by atoms with Gasteiger partial charge in [-0.25, -0.2) is 0 Å². The molecule has 0 spiro atoms. The Labute approximate surface area is 124 Å². The van der Waals surface area contributed by atoms with Crippen molar-refractivity contribution in [1.82, 2.24) is 15.5 Å². The molecule has 0 aromatic rings. The summed E-state index contributed by atoms with van der Waals surface area (Å²) in [7, 11) is 0. The Kier molecular flexibility index (Phi) is 6.96. The molecule has 0 aliphatic carbocycles. The van der Waals surface area contributed by atoms with Crippen LogP contribution >= 0.6 is 0 Å². The topological polar surface area (TPSA) is 44.4 Å². The smallest absolute Gasteiger partial charge is 0.240 e. The Hall–Kier alpha value is -0.610. The molecule has 1 saturated heterocycles. The summed E-state index contributed by atoms with van der Waals surface area (Å²) in [6, 6.07) is 1.03. The summed E-state index contributed by atoms with van der Waals surface area (Å²) in [5.74, 6) is 0.198. The Balaban J connectivity index is 2.45. The Bertz CT molecular complexity index is 288. The summed E-state index contributed by atoms with van der Waals surface area (Å²) < 4.78 is 0. The molecule has 0 aromatic carbocycles. The van der Waals surface area contributed by atoms with Gasteiger partial charge in [-0.1, -0.05) is 13.3 Å². The number of carbonyl (C=O) groups is 1. The van der Waals surface area contributed by atoms with Crippen LogP contribution in [0.4, 0.5) is 0 Å². The van der Waals surface area contributed by atoms with E-state index in [9.17, 15) is 4.79 Å². The van der Waals surface area contributed by atoms with E-state index in [1.807, 2.05) is 0 Å². The second kappa shape index (κ2) is 7.99. The molecule has 20 heavy (non-hydrogen) atoms. The number of rotatable bonds is 8. The maximum Gasteiger partial charge on any atom is 0.240 e. The fraction of sp³-hybridized carbons (Fsp3) is 0.938. The highest BCUT2D eigenvalue weighted by Crippen LogP contribution is 2.24. The average molecular weight is 283 g/mol. The standard InChI is InChI=1S/C16H33N3O/c1-6-8-16(9-7-10-18-16)15(20)17-11-12-19(13(2)3)14(4)5/h13-14,18H,6-12H2,1-5H3,(H,17,20). The molecule has 1 fully saturated rings. The van der Waals surface area contributed by atoms with E-state index in [0.29, 0.717) is 12.1 Å². The van der Waals surface area contributed by atoms with Crippen molar-refractivity contribution in [1.29, 1.82) is 0 Å². The van der Waals surface area contributed by atoms with E-state index in [1.54, 1.807) is 0 Å². The number of hydrogen-bond donors (Lipinski definition) is 2. The van der Waals surface area contributed by atoms with Gasteiger partial charge < -0.3 is 10.6 Å². The van der Waals surface area contributed by atoms with Crippen molar-refractivity contribution in [2.24, 2.45) is 0 Å². The molecule has 1 atom stereocenters. The second-order valence-electron chi connectivity index (χ2n) is 6.54. The highest BCUT2D eigenvalue weighted by Gasteiger charge is 2.39. The lowest BCUT2D eigenvalue weighted by atomic mass is 9.91. The molecule has 4 heteroatoms.